The van der Waals surface area contributed by atoms with Gasteiger partial charge >= 0.3 is 12.1 Å². The number of hydrogen-bond acceptors (Lipinski definition) is 6. The first kappa shape index (κ1) is 18.3. The van der Waals surface area contributed by atoms with Crippen molar-refractivity contribution in [3.63, 3.8) is 0 Å². The van der Waals surface area contributed by atoms with Crippen molar-refractivity contribution in [3.8, 4) is 0 Å². The van der Waals surface area contributed by atoms with Crippen molar-refractivity contribution >= 4 is 30.5 Å². The Morgan fingerprint density at radius 2 is 1.88 bits per heavy atom. The van der Waals surface area contributed by atoms with Gasteiger partial charge in [0.15, 0.2) is 11.8 Å². The molecule has 0 aromatic heterocycles. The van der Waals surface area contributed by atoms with Crippen LogP contribution >= 0.6 is 12.6 Å². The molecule has 2 atom stereocenters. The molecule has 1 aliphatic heterocycles. The summed E-state index contributed by atoms with van der Waals surface area (Å²) in [5, 5.41) is -0.916. The third-order valence-corrected chi connectivity index (χ3v) is 3.95. The average molecular weight is 351 g/mol. The zero-order valence-corrected chi connectivity index (χ0v) is 14.8. The van der Waals surface area contributed by atoms with Gasteiger partial charge in [0.2, 0.25) is 0 Å². The van der Waals surface area contributed by atoms with Gasteiger partial charge in [-0.15, -0.1) is 0 Å². The lowest BCUT2D eigenvalue weighted by Crippen LogP contribution is -2.46. The highest BCUT2D eigenvalue weighted by Crippen LogP contribution is 2.24. The normalized spacial score (nSPS) is 20.8. The van der Waals surface area contributed by atoms with E-state index in [1.807, 2.05) is 30.3 Å². The van der Waals surface area contributed by atoms with Gasteiger partial charge in [0.1, 0.15) is 12.2 Å². The van der Waals surface area contributed by atoms with E-state index in [4.69, 9.17) is 9.47 Å². The summed E-state index contributed by atoms with van der Waals surface area (Å²) in [6, 6.07) is 8.07. The SMILES string of the molecule is CC(C)(C)OC(=O)N1CC(=O)C(S)[C@H]1C(=O)OCc1ccccc1. The zero-order chi connectivity index (χ0) is 17.9. The second kappa shape index (κ2) is 7.25. The number of hydrogen-bond donors (Lipinski definition) is 1. The maximum atomic E-state index is 12.4. The summed E-state index contributed by atoms with van der Waals surface area (Å²) >= 11 is 4.17. The van der Waals surface area contributed by atoms with Crippen LogP contribution in [-0.4, -0.2) is 46.2 Å². The van der Waals surface area contributed by atoms with Crippen LogP contribution in [0.1, 0.15) is 26.3 Å². The van der Waals surface area contributed by atoms with E-state index in [0.717, 1.165) is 10.5 Å². The number of benzene rings is 1. The molecule has 1 aliphatic rings. The molecule has 1 aromatic carbocycles. The number of amides is 1. The molecule has 0 N–H and O–H groups in total. The molecule has 1 fully saturated rings. The Balaban J connectivity index is 2.07. The molecule has 0 aliphatic carbocycles. The van der Waals surface area contributed by atoms with Crippen LogP contribution in [0.3, 0.4) is 0 Å². The molecule has 130 valence electrons. The summed E-state index contributed by atoms with van der Waals surface area (Å²) in [7, 11) is 0. The number of nitrogens with zero attached hydrogens (tertiary/aromatic N) is 1. The first-order valence-electron chi connectivity index (χ1n) is 7.60. The summed E-state index contributed by atoms with van der Waals surface area (Å²) in [6.45, 7) is 4.98. The van der Waals surface area contributed by atoms with E-state index >= 15 is 0 Å². The molecule has 1 saturated heterocycles. The van der Waals surface area contributed by atoms with E-state index in [9.17, 15) is 14.4 Å². The Bertz CT molecular complexity index is 626. The molecule has 1 aromatic rings. The molecule has 0 bridgehead atoms. The third-order valence-electron chi connectivity index (χ3n) is 3.38. The molecule has 0 spiro atoms. The monoisotopic (exact) mass is 351 g/mol. The molecule has 1 amide bonds. The minimum atomic E-state index is -1.08. The number of rotatable bonds is 3. The molecule has 24 heavy (non-hydrogen) atoms. The van der Waals surface area contributed by atoms with Crippen molar-refractivity contribution in [2.75, 3.05) is 6.54 Å². The second-order valence-electron chi connectivity index (χ2n) is 6.56. The number of likely N-dealkylation sites (tertiary alicyclic amines) is 1. The Hall–Kier alpha value is -2.02. The van der Waals surface area contributed by atoms with Crippen LogP contribution in [0.4, 0.5) is 4.79 Å². The Labute approximate surface area is 146 Å². The van der Waals surface area contributed by atoms with Crippen molar-refractivity contribution < 1.29 is 23.9 Å². The fraction of sp³-hybridized carbons (Fsp3) is 0.471. The topological polar surface area (TPSA) is 72.9 Å². The fourth-order valence-corrected chi connectivity index (χ4v) is 2.64. The van der Waals surface area contributed by atoms with Crippen LogP contribution in [0.5, 0.6) is 0 Å². The van der Waals surface area contributed by atoms with Crippen molar-refractivity contribution in [2.24, 2.45) is 0 Å². The predicted octanol–water partition coefficient (Wildman–Crippen LogP) is 2.22. The summed E-state index contributed by atoms with van der Waals surface area (Å²) in [5.74, 6) is -0.985. The van der Waals surface area contributed by atoms with Gasteiger partial charge in [0, 0.05) is 0 Å². The van der Waals surface area contributed by atoms with Gasteiger partial charge < -0.3 is 9.47 Å². The largest absolute Gasteiger partial charge is 0.459 e. The lowest BCUT2D eigenvalue weighted by atomic mass is 10.2. The standard InChI is InChI=1S/C17H21NO5S/c1-17(2,3)23-16(21)18-9-12(19)14(24)13(18)15(20)22-10-11-7-5-4-6-8-11/h4-8,13-14,24H,9-10H2,1-3H3/t13-,14?/m0/s1. The fourth-order valence-electron chi connectivity index (χ4n) is 2.28. The molecular weight excluding hydrogens is 330 g/mol. The van der Waals surface area contributed by atoms with Crippen molar-refractivity contribution in [3.05, 3.63) is 35.9 Å². The second-order valence-corrected chi connectivity index (χ2v) is 7.11. The molecule has 6 nitrogen and oxygen atoms in total. The van der Waals surface area contributed by atoms with Crippen molar-refractivity contribution in [1.29, 1.82) is 0 Å². The van der Waals surface area contributed by atoms with Gasteiger partial charge in [-0.25, -0.2) is 9.59 Å². The molecule has 1 unspecified atom stereocenters. The van der Waals surface area contributed by atoms with E-state index < -0.39 is 29.0 Å². The zero-order valence-electron chi connectivity index (χ0n) is 13.9. The number of ether oxygens (including phenoxy) is 2. The minimum Gasteiger partial charge on any atom is -0.459 e. The highest BCUT2D eigenvalue weighted by atomic mass is 32.1. The van der Waals surface area contributed by atoms with E-state index in [0.29, 0.717) is 0 Å². The number of Topliss-reactive ketones (excluding diaryl/α,β-unsaturated/α-hetero) is 1. The number of carbonyl (C=O) groups excluding carboxylic acids is 3. The van der Waals surface area contributed by atoms with Gasteiger partial charge in [-0.2, -0.15) is 12.6 Å². The lowest BCUT2D eigenvalue weighted by Gasteiger charge is -2.27. The van der Waals surface area contributed by atoms with Crippen molar-refractivity contribution in [2.45, 2.75) is 44.3 Å². The van der Waals surface area contributed by atoms with E-state index in [2.05, 4.69) is 12.6 Å². The van der Waals surface area contributed by atoms with Crippen LogP contribution in [0, 0.1) is 0 Å². The molecule has 2 rings (SSSR count). The lowest BCUT2D eigenvalue weighted by molar-refractivity contribution is -0.150. The quantitative estimate of drug-likeness (QED) is 0.668. The molecule has 1 heterocycles. The maximum Gasteiger partial charge on any atom is 0.411 e. The highest BCUT2D eigenvalue weighted by molar-refractivity contribution is 7.82. The van der Waals surface area contributed by atoms with E-state index in [1.165, 1.54) is 0 Å². The first-order chi connectivity index (χ1) is 11.2. The van der Waals surface area contributed by atoms with Crippen LogP contribution in [0.25, 0.3) is 0 Å². The minimum absolute atomic E-state index is 0.0625. The van der Waals surface area contributed by atoms with Crippen LogP contribution in [-0.2, 0) is 25.7 Å². The van der Waals surface area contributed by atoms with Crippen LogP contribution in [0.15, 0.2) is 30.3 Å². The molecule has 0 saturated carbocycles. The predicted molar refractivity (Wildman–Crippen MR) is 90.7 cm³/mol. The molecular formula is C17H21NO5S. The Morgan fingerprint density at radius 3 is 2.46 bits per heavy atom. The number of thiol groups is 1. The van der Waals surface area contributed by atoms with Gasteiger partial charge in [-0.05, 0) is 26.3 Å². The van der Waals surface area contributed by atoms with Gasteiger partial charge in [0.25, 0.3) is 0 Å². The summed E-state index contributed by atoms with van der Waals surface area (Å²) in [6.07, 6.45) is -0.728. The Kier molecular flexibility index (Phi) is 5.54. The maximum absolute atomic E-state index is 12.4. The Morgan fingerprint density at radius 1 is 1.25 bits per heavy atom. The van der Waals surface area contributed by atoms with E-state index in [1.54, 1.807) is 20.8 Å². The van der Waals surface area contributed by atoms with Gasteiger partial charge in [0.05, 0.1) is 11.8 Å². The summed E-state index contributed by atoms with van der Waals surface area (Å²) in [4.78, 5) is 37.6. The van der Waals surface area contributed by atoms with Crippen LogP contribution < -0.4 is 0 Å². The van der Waals surface area contributed by atoms with E-state index in [-0.39, 0.29) is 18.9 Å². The summed E-state index contributed by atoms with van der Waals surface area (Å²) < 4.78 is 10.5. The molecule has 7 heteroatoms. The van der Waals surface area contributed by atoms with Gasteiger partial charge in [-0.3, -0.25) is 9.69 Å². The average Bonchev–Trinajstić information content (AvgIpc) is 2.80. The number of esters is 1. The van der Waals surface area contributed by atoms with Crippen molar-refractivity contribution in [1.82, 2.24) is 4.90 Å². The highest BCUT2D eigenvalue weighted by Gasteiger charge is 2.48. The van der Waals surface area contributed by atoms with Crippen LogP contribution in [0.2, 0.25) is 0 Å². The number of ketones is 1. The number of carbonyl (C=O) groups is 3. The summed E-state index contributed by atoms with van der Waals surface area (Å²) in [5.41, 5.74) is 0.0857. The van der Waals surface area contributed by atoms with Gasteiger partial charge in [-0.1, -0.05) is 30.3 Å². The molecule has 0 radical (unpaired) electrons. The third kappa shape index (κ3) is 4.50. The smallest absolute Gasteiger partial charge is 0.411 e. The first-order valence-corrected chi connectivity index (χ1v) is 8.11.